The van der Waals surface area contributed by atoms with Gasteiger partial charge in [0, 0.05) is 23.9 Å². The zero-order valence-corrected chi connectivity index (χ0v) is 10.2. The number of nitrogens with one attached hydrogen (secondary N) is 1. The maximum Gasteiger partial charge on any atom is 0.180 e. The Morgan fingerprint density at radius 1 is 1.33 bits per heavy atom. The second kappa shape index (κ2) is 4.34. The van der Waals surface area contributed by atoms with E-state index >= 15 is 0 Å². The minimum Gasteiger partial charge on any atom is -0.308 e. The van der Waals surface area contributed by atoms with Gasteiger partial charge in [-0.25, -0.2) is 15.8 Å². The molecular weight excluding hydrogens is 226 g/mol. The highest BCUT2D eigenvalue weighted by atomic mass is 15.3. The molecule has 1 fully saturated rings. The highest BCUT2D eigenvalue weighted by Crippen LogP contribution is 2.40. The third-order valence-corrected chi connectivity index (χ3v) is 3.11. The van der Waals surface area contributed by atoms with Crippen molar-refractivity contribution in [2.45, 2.75) is 25.7 Å². The molecule has 0 aliphatic heterocycles. The topological polar surface area (TPSA) is 76.7 Å². The van der Waals surface area contributed by atoms with Crippen LogP contribution in [0.1, 0.15) is 30.0 Å². The summed E-state index contributed by atoms with van der Waals surface area (Å²) in [6.07, 6.45) is 4.15. The third-order valence-electron chi connectivity index (χ3n) is 3.11. The second-order valence-electron chi connectivity index (χ2n) is 4.59. The lowest BCUT2D eigenvalue weighted by atomic mass is 10.2. The van der Waals surface area contributed by atoms with Gasteiger partial charge in [0.2, 0.25) is 0 Å². The summed E-state index contributed by atoms with van der Waals surface area (Å²) >= 11 is 0. The van der Waals surface area contributed by atoms with E-state index < -0.39 is 0 Å². The molecule has 1 aliphatic rings. The van der Waals surface area contributed by atoms with Crippen LogP contribution in [-0.4, -0.2) is 15.0 Å². The van der Waals surface area contributed by atoms with Crippen LogP contribution in [0.2, 0.25) is 0 Å². The van der Waals surface area contributed by atoms with Crippen molar-refractivity contribution in [2.24, 2.45) is 5.84 Å². The van der Waals surface area contributed by atoms with Crippen LogP contribution in [-0.2, 0) is 0 Å². The number of anilines is 1. The number of pyridine rings is 1. The van der Waals surface area contributed by atoms with Crippen LogP contribution in [0.15, 0.2) is 24.4 Å². The van der Waals surface area contributed by atoms with E-state index in [1.807, 2.05) is 25.1 Å². The van der Waals surface area contributed by atoms with Crippen LogP contribution in [0.4, 0.5) is 5.82 Å². The Morgan fingerprint density at radius 3 is 2.83 bits per heavy atom. The number of nitrogen functional groups attached to an aromatic ring is 1. The van der Waals surface area contributed by atoms with E-state index in [-0.39, 0.29) is 0 Å². The maximum absolute atomic E-state index is 5.46. The molecule has 1 aliphatic carbocycles. The molecule has 5 nitrogen and oxygen atoms in total. The van der Waals surface area contributed by atoms with Gasteiger partial charge in [0.25, 0.3) is 0 Å². The minimum atomic E-state index is 0.558. The number of hydrogen-bond donors (Lipinski definition) is 2. The van der Waals surface area contributed by atoms with Gasteiger partial charge >= 0.3 is 0 Å². The predicted octanol–water partition coefficient (Wildman–Crippen LogP) is 2.01. The molecule has 2 aromatic heterocycles. The van der Waals surface area contributed by atoms with E-state index in [4.69, 9.17) is 5.84 Å². The average molecular weight is 241 g/mol. The van der Waals surface area contributed by atoms with Crippen molar-refractivity contribution >= 4 is 5.82 Å². The highest BCUT2D eigenvalue weighted by molar-refractivity contribution is 5.57. The predicted molar refractivity (Wildman–Crippen MR) is 69.8 cm³/mol. The van der Waals surface area contributed by atoms with Crippen LogP contribution in [0.25, 0.3) is 11.5 Å². The second-order valence-corrected chi connectivity index (χ2v) is 4.59. The van der Waals surface area contributed by atoms with Gasteiger partial charge in [-0.15, -0.1) is 0 Å². The zero-order valence-electron chi connectivity index (χ0n) is 10.2. The van der Waals surface area contributed by atoms with Crippen molar-refractivity contribution in [2.75, 3.05) is 5.43 Å². The molecule has 0 spiro atoms. The first-order chi connectivity index (χ1) is 8.78. The molecule has 3 rings (SSSR count). The number of aryl methyl sites for hydroxylation is 1. The molecule has 0 bridgehead atoms. The summed E-state index contributed by atoms with van der Waals surface area (Å²) in [5, 5.41) is 0. The van der Waals surface area contributed by atoms with Crippen LogP contribution in [0.3, 0.4) is 0 Å². The van der Waals surface area contributed by atoms with Gasteiger partial charge in [-0.1, -0.05) is 6.07 Å². The van der Waals surface area contributed by atoms with Crippen molar-refractivity contribution < 1.29 is 0 Å². The Morgan fingerprint density at radius 2 is 2.17 bits per heavy atom. The minimum absolute atomic E-state index is 0.558. The number of nitrogens with zero attached hydrogens (tertiary/aromatic N) is 3. The molecule has 92 valence electrons. The summed E-state index contributed by atoms with van der Waals surface area (Å²) in [6, 6.07) is 5.83. The van der Waals surface area contributed by atoms with Gasteiger partial charge in [-0.2, -0.15) is 0 Å². The molecule has 3 N–H and O–H groups in total. The summed E-state index contributed by atoms with van der Waals surface area (Å²) in [5.41, 5.74) is 5.53. The first kappa shape index (κ1) is 11.1. The standard InChI is InChI=1S/C13H15N5/c1-8-3-2-6-15-12(8)13-16-10(9-4-5-9)7-11(17-13)18-14/h2-3,6-7,9H,4-5,14H2,1H3,(H,16,17,18). The van der Waals surface area contributed by atoms with E-state index in [0.717, 1.165) is 17.0 Å². The van der Waals surface area contributed by atoms with Crippen molar-refractivity contribution in [1.82, 2.24) is 15.0 Å². The van der Waals surface area contributed by atoms with Crippen molar-refractivity contribution in [3.63, 3.8) is 0 Å². The van der Waals surface area contributed by atoms with Crippen molar-refractivity contribution in [3.8, 4) is 11.5 Å². The number of aromatic nitrogens is 3. The van der Waals surface area contributed by atoms with Crippen molar-refractivity contribution in [3.05, 3.63) is 35.7 Å². The fourth-order valence-corrected chi connectivity index (χ4v) is 1.95. The lowest BCUT2D eigenvalue weighted by Gasteiger charge is -2.08. The maximum atomic E-state index is 5.46. The van der Waals surface area contributed by atoms with Gasteiger partial charge in [-0.05, 0) is 31.4 Å². The monoisotopic (exact) mass is 241 g/mol. The Bertz CT molecular complexity index is 577. The first-order valence-electron chi connectivity index (χ1n) is 6.05. The number of hydrazine groups is 1. The van der Waals surface area contributed by atoms with Crippen LogP contribution < -0.4 is 11.3 Å². The van der Waals surface area contributed by atoms with E-state index in [0.29, 0.717) is 17.6 Å². The first-order valence-corrected chi connectivity index (χ1v) is 6.05. The molecule has 0 atom stereocenters. The van der Waals surface area contributed by atoms with E-state index in [1.54, 1.807) is 6.20 Å². The fraction of sp³-hybridized carbons (Fsp3) is 0.308. The lowest BCUT2D eigenvalue weighted by Crippen LogP contribution is -2.11. The fourth-order valence-electron chi connectivity index (χ4n) is 1.95. The number of rotatable bonds is 3. The molecule has 0 aromatic carbocycles. The summed E-state index contributed by atoms with van der Waals surface area (Å²) < 4.78 is 0. The Hall–Kier alpha value is -2.01. The van der Waals surface area contributed by atoms with E-state index in [9.17, 15) is 0 Å². The van der Waals surface area contributed by atoms with E-state index in [1.165, 1.54) is 12.8 Å². The quantitative estimate of drug-likeness (QED) is 0.635. The van der Waals surface area contributed by atoms with Gasteiger partial charge in [-0.3, -0.25) is 4.98 Å². The number of nitrogens with two attached hydrogens (primary N) is 1. The lowest BCUT2D eigenvalue weighted by molar-refractivity contribution is 0.982. The highest BCUT2D eigenvalue weighted by Gasteiger charge is 2.26. The summed E-state index contributed by atoms with van der Waals surface area (Å²) in [6.45, 7) is 2.00. The van der Waals surface area contributed by atoms with Gasteiger partial charge in [0.1, 0.15) is 11.5 Å². The molecule has 0 radical (unpaired) electrons. The molecule has 2 heterocycles. The summed E-state index contributed by atoms with van der Waals surface area (Å²) in [5.74, 6) is 7.31. The largest absolute Gasteiger partial charge is 0.308 e. The molecule has 2 aromatic rings. The smallest absolute Gasteiger partial charge is 0.180 e. The van der Waals surface area contributed by atoms with E-state index in [2.05, 4.69) is 20.4 Å². The Balaban J connectivity index is 2.10. The van der Waals surface area contributed by atoms with Crippen LogP contribution in [0, 0.1) is 6.92 Å². The molecule has 0 saturated heterocycles. The molecule has 1 saturated carbocycles. The third kappa shape index (κ3) is 2.04. The summed E-state index contributed by atoms with van der Waals surface area (Å²) in [7, 11) is 0. The van der Waals surface area contributed by atoms with Gasteiger partial charge in [0.05, 0.1) is 0 Å². The Labute approximate surface area is 105 Å². The Kier molecular flexibility index (Phi) is 2.68. The molecule has 0 amide bonds. The normalized spacial score (nSPS) is 14.6. The van der Waals surface area contributed by atoms with Crippen LogP contribution in [0.5, 0.6) is 0 Å². The van der Waals surface area contributed by atoms with Crippen molar-refractivity contribution in [1.29, 1.82) is 0 Å². The SMILES string of the molecule is Cc1cccnc1-c1nc(NN)cc(C2CC2)n1. The zero-order chi connectivity index (χ0) is 12.5. The molecule has 18 heavy (non-hydrogen) atoms. The average Bonchev–Trinajstić information content (AvgIpc) is 3.23. The van der Waals surface area contributed by atoms with Gasteiger partial charge in [0.15, 0.2) is 5.82 Å². The number of hydrogen-bond acceptors (Lipinski definition) is 5. The molecule has 5 heteroatoms. The summed E-state index contributed by atoms with van der Waals surface area (Å²) in [4.78, 5) is 13.3. The molecule has 0 unspecified atom stereocenters. The van der Waals surface area contributed by atoms with Gasteiger partial charge < -0.3 is 5.43 Å². The molecular formula is C13H15N5. The van der Waals surface area contributed by atoms with Crippen LogP contribution >= 0.6 is 0 Å².